The third kappa shape index (κ3) is 2.76. The number of pyridine rings is 1. The molecule has 0 bridgehead atoms. The van der Waals surface area contributed by atoms with Gasteiger partial charge in [-0.1, -0.05) is 11.6 Å². The minimum atomic E-state index is -0.0123. The highest BCUT2D eigenvalue weighted by Crippen LogP contribution is 2.26. The lowest BCUT2D eigenvalue weighted by molar-refractivity contribution is 0.103. The minimum Gasteiger partial charge on any atom is -0.287 e. The molecule has 0 N–H and O–H groups in total. The van der Waals surface area contributed by atoms with Crippen LogP contribution in [-0.4, -0.2) is 10.8 Å². The molecule has 19 heavy (non-hydrogen) atoms. The van der Waals surface area contributed by atoms with Crippen LogP contribution in [0.5, 0.6) is 0 Å². The number of nitrogens with zero attached hydrogens (tertiary/aromatic N) is 1. The van der Waals surface area contributed by atoms with Crippen molar-refractivity contribution in [3.8, 4) is 0 Å². The summed E-state index contributed by atoms with van der Waals surface area (Å²) in [6, 6.07) is 7.38. The molecule has 1 aliphatic rings. The van der Waals surface area contributed by atoms with Crippen molar-refractivity contribution in [3.63, 3.8) is 0 Å². The van der Waals surface area contributed by atoms with Crippen molar-refractivity contribution in [1.82, 2.24) is 4.98 Å². The number of carbonyl (C=O) groups excluding carboxylic acids is 1. The lowest BCUT2D eigenvalue weighted by Crippen LogP contribution is -2.06. The summed E-state index contributed by atoms with van der Waals surface area (Å²) >= 11 is 9.37. The van der Waals surface area contributed by atoms with E-state index in [4.69, 9.17) is 11.6 Å². The first-order chi connectivity index (χ1) is 8.65. The Balaban J connectivity index is 0.00000133. The van der Waals surface area contributed by atoms with Crippen LogP contribution in [0.25, 0.3) is 0 Å². The fraction of sp³-hybridized carbons (Fsp3) is 0.143. The molecule has 0 saturated heterocycles. The quantitative estimate of drug-likeness (QED) is 0.652. The van der Waals surface area contributed by atoms with Gasteiger partial charge in [0.15, 0.2) is 0 Å². The number of aryl methyl sites for hydroxylation is 2. The molecular formula is C14H10Br2ClNO. The minimum absolute atomic E-state index is 0. The molecule has 5 heteroatoms. The summed E-state index contributed by atoms with van der Waals surface area (Å²) in [5.74, 6) is -0.0123. The zero-order valence-electron chi connectivity index (χ0n) is 9.82. The van der Waals surface area contributed by atoms with E-state index in [1.165, 1.54) is 0 Å². The average molecular weight is 404 g/mol. The fourth-order valence-corrected chi connectivity index (χ4v) is 2.84. The molecule has 0 atom stereocenters. The number of fused-ring (bicyclic) bond motifs is 2. The van der Waals surface area contributed by atoms with Crippen LogP contribution in [0.3, 0.4) is 0 Å². The molecule has 0 amide bonds. The van der Waals surface area contributed by atoms with Crippen molar-refractivity contribution in [1.29, 1.82) is 0 Å². The number of halogens is 3. The second-order valence-electron chi connectivity index (χ2n) is 4.29. The second kappa shape index (κ2) is 5.73. The van der Waals surface area contributed by atoms with Crippen molar-refractivity contribution in [2.75, 3.05) is 0 Å². The number of rotatable bonds is 0. The van der Waals surface area contributed by atoms with Crippen LogP contribution in [0.2, 0.25) is 5.02 Å². The van der Waals surface area contributed by atoms with E-state index in [-0.39, 0.29) is 22.8 Å². The molecule has 0 saturated carbocycles. The highest BCUT2D eigenvalue weighted by molar-refractivity contribution is 9.10. The monoisotopic (exact) mass is 401 g/mol. The summed E-state index contributed by atoms with van der Waals surface area (Å²) in [6.45, 7) is 0. The Hall–Kier alpha value is -0.710. The molecular weight excluding hydrogens is 393 g/mol. The maximum Gasteiger partial charge on any atom is 0.211 e. The Labute approximate surface area is 135 Å². The normalized spacial score (nSPS) is 13.1. The number of aromatic nitrogens is 1. The molecule has 1 heterocycles. The first-order valence-corrected chi connectivity index (χ1v) is 6.80. The zero-order chi connectivity index (χ0) is 12.7. The van der Waals surface area contributed by atoms with E-state index < -0.39 is 0 Å². The van der Waals surface area contributed by atoms with Gasteiger partial charge in [0.1, 0.15) is 5.69 Å². The van der Waals surface area contributed by atoms with Gasteiger partial charge in [-0.2, -0.15) is 0 Å². The third-order valence-corrected chi connectivity index (χ3v) is 3.79. The standard InChI is InChI=1S/C14H9BrClNO.BrH/c15-10-5-9-2-1-8-6-11(16)3-4-12(8)14(18)13(9)17-7-10;/h3-7H,1-2H2;1H. The Morgan fingerprint density at radius 3 is 2.68 bits per heavy atom. The topological polar surface area (TPSA) is 30.0 Å². The molecule has 1 aromatic heterocycles. The van der Waals surface area contributed by atoms with E-state index in [9.17, 15) is 4.79 Å². The largest absolute Gasteiger partial charge is 0.287 e. The lowest BCUT2D eigenvalue weighted by Gasteiger charge is -2.04. The Morgan fingerprint density at radius 1 is 1.16 bits per heavy atom. The first-order valence-electron chi connectivity index (χ1n) is 5.63. The molecule has 2 aromatic rings. The van der Waals surface area contributed by atoms with Crippen LogP contribution in [0.4, 0.5) is 0 Å². The van der Waals surface area contributed by atoms with Crippen LogP contribution in [0.1, 0.15) is 27.2 Å². The number of carbonyl (C=O) groups is 1. The van der Waals surface area contributed by atoms with Gasteiger partial charge in [-0.25, -0.2) is 0 Å². The van der Waals surface area contributed by atoms with Gasteiger partial charge in [0, 0.05) is 21.3 Å². The molecule has 0 fully saturated rings. The van der Waals surface area contributed by atoms with E-state index in [2.05, 4.69) is 20.9 Å². The summed E-state index contributed by atoms with van der Waals surface area (Å²) in [4.78, 5) is 16.7. The van der Waals surface area contributed by atoms with E-state index in [1.807, 2.05) is 12.1 Å². The van der Waals surface area contributed by atoms with E-state index in [1.54, 1.807) is 18.3 Å². The molecule has 2 nitrogen and oxygen atoms in total. The number of hydrogen-bond donors (Lipinski definition) is 0. The number of benzene rings is 1. The molecule has 98 valence electrons. The van der Waals surface area contributed by atoms with Gasteiger partial charge in [-0.05, 0) is 64.2 Å². The van der Waals surface area contributed by atoms with Crippen LogP contribution in [0, 0.1) is 0 Å². The SMILES string of the molecule is Br.O=C1c2ccc(Cl)cc2CCc2cc(Br)cnc21. The molecule has 0 aliphatic heterocycles. The van der Waals surface area contributed by atoms with Gasteiger partial charge in [-0.3, -0.25) is 9.78 Å². The van der Waals surface area contributed by atoms with Crippen LogP contribution < -0.4 is 0 Å². The Bertz CT molecular complexity index is 602. The smallest absolute Gasteiger partial charge is 0.211 e. The van der Waals surface area contributed by atoms with Crippen LogP contribution >= 0.6 is 44.5 Å². The predicted molar refractivity (Wildman–Crippen MR) is 84.6 cm³/mol. The predicted octanol–water partition coefficient (Wildman–Crippen LogP) is 4.41. The molecule has 0 unspecified atom stereocenters. The summed E-state index contributed by atoms with van der Waals surface area (Å²) in [5.41, 5.74) is 3.26. The Kier molecular flexibility index (Phi) is 4.43. The van der Waals surface area contributed by atoms with Gasteiger partial charge in [-0.15, -0.1) is 17.0 Å². The van der Waals surface area contributed by atoms with Crippen molar-refractivity contribution in [2.45, 2.75) is 12.8 Å². The highest BCUT2D eigenvalue weighted by atomic mass is 79.9. The molecule has 1 aliphatic carbocycles. The van der Waals surface area contributed by atoms with Gasteiger partial charge < -0.3 is 0 Å². The summed E-state index contributed by atoms with van der Waals surface area (Å²) < 4.78 is 0.901. The zero-order valence-corrected chi connectivity index (χ0v) is 13.9. The first kappa shape index (κ1) is 14.7. The number of hydrogen-bond acceptors (Lipinski definition) is 2. The summed E-state index contributed by atoms with van der Waals surface area (Å²) in [6.07, 6.45) is 3.28. The second-order valence-corrected chi connectivity index (χ2v) is 5.64. The van der Waals surface area contributed by atoms with Gasteiger partial charge >= 0.3 is 0 Å². The fourth-order valence-electron chi connectivity index (χ4n) is 2.26. The van der Waals surface area contributed by atoms with Crippen molar-refractivity contribution >= 4 is 50.3 Å². The van der Waals surface area contributed by atoms with Crippen LogP contribution in [-0.2, 0) is 12.8 Å². The van der Waals surface area contributed by atoms with Crippen molar-refractivity contribution in [3.05, 3.63) is 62.3 Å². The summed E-state index contributed by atoms with van der Waals surface area (Å²) in [7, 11) is 0. The van der Waals surface area contributed by atoms with E-state index in [0.29, 0.717) is 16.3 Å². The van der Waals surface area contributed by atoms with Crippen molar-refractivity contribution < 1.29 is 4.79 Å². The van der Waals surface area contributed by atoms with Crippen LogP contribution in [0.15, 0.2) is 34.9 Å². The third-order valence-electron chi connectivity index (χ3n) is 3.12. The molecule has 0 radical (unpaired) electrons. The molecule has 3 rings (SSSR count). The van der Waals surface area contributed by atoms with Gasteiger partial charge in [0.25, 0.3) is 0 Å². The van der Waals surface area contributed by atoms with Gasteiger partial charge in [0.2, 0.25) is 5.78 Å². The maximum atomic E-state index is 12.4. The lowest BCUT2D eigenvalue weighted by atomic mass is 10.0. The Morgan fingerprint density at radius 2 is 1.89 bits per heavy atom. The average Bonchev–Trinajstić information content (AvgIpc) is 2.47. The maximum absolute atomic E-state index is 12.4. The highest BCUT2D eigenvalue weighted by Gasteiger charge is 2.22. The molecule has 0 spiro atoms. The summed E-state index contributed by atoms with van der Waals surface area (Å²) in [5, 5.41) is 0.668. The number of ketones is 1. The molecule has 1 aromatic carbocycles. The van der Waals surface area contributed by atoms with Gasteiger partial charge in [0.05, 0.1) is 0 Å². The van der Waals surface area contributed by atoms with E-state index in [0.717, 1.165) is 28.4 Å². The van der Waals surface area contributed by atoms with E-state index >= 15 is 0 Å². The van der Waals surface area contributed by atoms with Crippen molar-refractivity contribution in [2.24, 2.45) is 0 Å².